The summed E-state index contributed by atoms with van der Waals surface area (Å²) >= 11 is 6.27. The van der Waals surface area contributed by atoms with E-state index >= 15 is 0 Å². The third kappa shape index (κ3) is 13.0. The number of aromatic amines is 1. The number of H-pyrrole nitrogens is 1. The lowest BCUT2D eigenvalue weighted by molar-refractivity contribution is -0.384. The third-order valence-corrected chi connectivity index (χ3v) is 18.4. The van der Waals surface area contributed by atoms with Crippen LogP contribution in [0.1, 0.15) is 103 Å². The van der Waals surface area contributed by atoms with Crippen molar-refractivity contribution in [2.24, 2.45) is 11.3 Å². The van der Waals surface area contributed by atoms with E-state index in [0.717, 1.165) is 92.3 Å². The summed E-state index contributed by atoms with van der Waals surface area (Å²) in [5, 5.41) is 23.0. The molecule has 5 N–H and O–H groups in total. The molecule has 11 rings (SSSR count). The summed E-state index contributed by atoms with van der Waals surface area (Å²) in [5.41, 5.74) is 6.56. The molecule has 6 aromatic rings. The number of nitrogens with one attached hydrogen (secondary N) is 5. The van der Waals surface area contributed by atoms with E-state index in [2.05, 4.69) is 66.4 Å². The van der Waals surface area contributed by atoms with E-state index in [1.165, 1.54) is 46.0 Å². The Morgan fingerprint density at radius 1 is 0.916 bits per heavy atom. The first-order valence-electron chi connectivity index (χ1n) is 28.3. The van der Waals surface area contributed by atoms with Gasteiger partial charge in [-0.3, -0.25) is 39.5 Å². The van der Waals surface area contributed by atoms with Crippen molar-refractivity contribution in [2.45, 2.75) is 95.2 Å². The van der Waals surface area contributed by atoms with Gasteiger partial charge >= 0.3 is 0 Å². The molecule has 1 atom stereocenters. The number of carbonyl (C=O) groups is 4. The number of nitro benzene ring substituents is 1. The number of fused-ring (bicyclic) bond motifs is 2. The Morgan fingerprint density at radius 3 is 2.48 bits per heavy atom. The molecule has 2 aliphatic carbocycles. The second-order valence-electron chi connectivity index (χ2n) is 23.0. The maximum absolute atomic E-state index is 14.2. The van der Waals surface area contributed by atoms with Crippen LogP contribution in [0.5, 0.6) is 17.2 Å². The lowest BCUT2D eigenvalue weighted by Crippen LogP contribution is -2.52. The van der Waals surface area contributed by atoms with Crippen LogP contribution in [-0.4, -0.2) is 121 Å². The number of piperazine rings is 1. The Labute approximate surface area is 486 Å². The van der Waals surface area contributed by atoms with Crippen molar-refractivity contribution < 1.29 is 42.0 Å². The molecule has 1 unspecified atom stereocenters. The highest BCUT2D eigenvalue weighted by Crippen LogP contribution is 2.44. The highest BCUT2D eigenvalue weighted by molar-refractivity contribution is 7.90. The smallest absolute Gasteiger partial charge is 0.293 e. The average Bonchev–Trinajstić information content (AvgIpc) is 4.23. The van der Waals surface area contributed by atoms with E-state index in [4.69, 9.17) is 21.1 Å². The van der Waals surface area contributed by atoms with Crippen molar-refractivity contribution >= 4 is 78.9 Å². The number of allylic oxidation sites excluding steroid dienone is 1. The molecule has 0 radical (unpaired) electrons. The largest absolute Gasteiger partial charge is 0.492 e. The zero-order valence-corrected chi connectivity index (χ0v) is 48.0. The molecule has 2 aromatic heterocycles. The SMILES string of the molecule is CC1(C)CCC(CN2CCN(c3ccc(C(=O)NS(=O)(=O)c4ccc(NC[C@H]5CC[C@H](NCCOc6cccc7c6CN(C6CCC(=O)NC6=O)C7=O)CC5)c([N+](=O)[O-])c4)c(Oc4cnc5[nH]ccc5c4)c3)CC2)=C(c2ccc(Cl)cc2)C1. The molecule has 4 aromatic carbocycles. The second-order valence-corrected chi connectivity index (χ2v) is 25.1. The number of pyridine rings is 1. The predicted octanol–water partition coefficient (Wildman–Crippen LogP) is 9.22. The van der Waals surface area contributed by atoms with Crippen molar-refractivity contribution in [3.05, 3.63) is 146 Å². The lowest BCUT2D eigenvalue weighted by Gasteiger charge is -2.39. The Hall–Kier alpha value is -7.85. The first-order chi connectivity index (χ1) is 39.9. The summed E-state index contributed by atoms with van der Waals surface area (Å²) in [6.45, 7) is 10.1. The van der Waals surface area contributed by atoms with E-state index < -0.39 is 43.4 Å². The van der Waals surface area contributed by atoms with Gasteiger partial charge in [-0.25, -0.2) is 18.1 Å². The molecule has 20 nitrogen and oxygen atoms in total. The van der Waals surface area contributed by atoms with Gasteiger partial charge in [0.1, 0.15) is 41.2 Å². The number of sulfonamides is 1. The summed E-state index contributed by atoms with van der Waals surface area (Å²) in [6.07, 6.45) is 10.3. The molecule has 83 heavy (non-hydrogen) atoms. The number of hydrogen-bond donors (Lipinski definition) is 5. The van der Waals surface area contributed by atoms with Gasteiger partial charge in [0.05, 0.1) is 28.1 Å². The first kappa shape index (κ1) is 57.0. The Balaban J connectivity index is 0.693. The van der Waals surface area contributed by atoms with Gasteiger partial charge in [-0.05, 0) is 134 Å². The molecule has 3 fully saturated rings. The fourth-order valence-corrected chi connectivity index (χ4v) is 13.2. The molecule has 2 saturated heterocycles. The number of benzene rings is 4. The normalized spacial score (nSPS) is 20.3. The number of carbonyl (C=O) groups excluding carboxylic acids is 4. The van der Waals surface area contributed by atoms with E-state index in [-0.39, 0.29) is 65.6 Å². The molecule has 1 saturated carbocycles. The minimum atomic E-state index is -4.64. The zero-order valence-electron chi connectivity index (χ0n) is 46.4. The van der Waals surface area contributed by atoms with E-state index in [1.807, 2.05) is 24.3 Å². The molecule has 0 bridgehead atoms. The Bertz CT molecular complexity index is 3630. The number of rotatable bonds is 19. The number of halogens is 1. The van der Waals surface area contributed by atoms with Gasteiger partial charge in [0.2, 0.25) is 11.8 Å². The number of aromatic nitrogens is 2. The van der Waals surface area contributed by atoms with Gasteiger partial charge in [0.25, 0.3) is 27.5 Å². The van der Waals surface area contributed by atoms with Crippen molar-refractivity contribution in [3.63, 3.8) is 0 Å². The molecule has 4 amide bonds. The summed E-state index contributed by atoms with van der Waals surface area (Å²) in [4.78, 5) is 76.7. The van der Waals surface area contributed by atoms with Gasteiger partial charge < -0.3 is 34.9 Å². The van der Waals surface area contributed by atoms with Crippen molar-refractivity contribution in [3.8, 4) is 17.2 Å². The molecular weight excluding hydrogens is 1100 g/mol. The van der Waals surface area contributed by atoms with E-state index in [1.54, 1.807) is 36.5 Å². The number of hydrogen-bond acceptors (Lipinski definition) is 15. The van der Waals surface area contributed by atoms with Gasteiger partial charge in [-0.1, -0.05) is 49.2 Å². The summed E-state index contributed by atoms with van der Waals surface area (Å²) in [7, 11) is -4.64. The quantitative estimate of drug-likeness (QED) is 0.0219. The number of imide groups is 1. The Kier molecular flexibility index (Phi) is 16.6. The van der Waals surface area contributed by atoms with Crippen molar-refractivity contribution in [2.75, 3.05) is 62.6 Å². The third-order valence-electron chi connectivity index (χ3n) is 16.8. The van der Waals surface area contributed by atoms with Crippen LogP contribution in [0.4, 0.5) is 17.1 Å². The topological polar surface area (TPSA) is 251 Å². The number of anilines is 2. The number of amides is 4. The molecule has 5 aliphatic rings. The van der Waals surface area contributed by atoms with Crippen LogP contribution in [0, 0.1) is 21.4 Å². The maximum Gasteiger partial charge on any atom is 0.293 e. The number of piperidine rings is 1. The van der Waals surface area contributed by atoms with E-state index in [0.29, 0.717) is 55.5 Å². The summed E-state index contributed by atoms with van der Waals surface area (Å²) < 4.78 is 42.6. The minimum absolute atomic E-state index is 0.0616. The number of ether oxygens (including phenoxy) is 2. The molecule has 22 heteroatoms. The van der Waals surface area contributed by atoms with E-state index in [9.17, 15) is 37.7 Å². The van der Waals surface area contributed by atoms with Crippen LogP contribution in [0.3, 0.4) is 0 Å². The molecular formula is C61H67ClN10O10S. The maximum atomic E-state index is 14.2. The van der Waals surface area contributed by atoms with Gasteiger partial charge in [-0.15, -0.1) is 0 Å². The zero-order chi connectivity index (χ0) is 58.0. The second kappa shape index (κ2) is 24.2. The molecule has 5 heterocycles. The Morgan fingerprint density at radius 2 is 1.71 bits per heavy atom. The summed E-state index contributed by atoms with van der Waals surface area (Å²) in [6, 6.07) is 25.1. The van der Waals surface area contributed by atoms with Crippen LogP contribution in [0.25, 0.3) is 16.6 Å². The van der Waals surface area contributed by atoms with Crippen LogP contribution in [0.15, 0.2) is 114 Å². The van der Waals surface area contributed by atoms with Crippen LogP contribution >= 0.6 is 11.6 Å². The molecule has 0 spiro atoms. The minimum Gasteiger partial charge on any atom is -0.492 e. The summed E-state index contributed by atoms with van der Waals surface area (Å²) in [5.74, 6) is -0.835. The fourth-order valence-electron chi connectivity index (χ4n) is 12.1. The van der Waals surface area contributed by atoms with Crippen LogP contribution < -0.4 is 35.0 Å². The van der Waals surface area contributed by atoms with Crippen molar-refractivity contribution in [1.82, 2.24) is 35.1 Å². The highest BCUT2D eigenvalue weighted by Gasteiger charge is 2.40. The predicted molar refractivity (Wildman–Crippen MR) is 315 cm³/mol. The average molecular weight is 1170 g/mol. The van der Waals surface area contributed by atoms with Gasteiger partial charge in [0.15, 0.2) is 0 Å². The monoisotopic (exact) mass is 1170 g/mol. The first-order valence-corrected chi connectivity index (χ1v) is 30.2. The fraction of sp³-hybridized carbons (Fsp3) is 0.393. The number of nitro groups is 1. The standard InChI is InChI=1S/C61H67ClN10O10S/c1-61(2)22-20-41(49(33-61)39-8-10-42(62)11-9-39)36-69-25-27-70(28-26-69)44-14-16-48(55(31-44)82-45-30-40-21-23-64-57(40)66-35-45)58(74)68-83(79,80)46-15-17-51(53(32-46)72(77)78)65-34-38-6-12-43(13-7-38)63-24-29-81-54-5-3-4-47-50(54)37-71(60(47)76)52-18-19-56(73)67-59(52)75/h3-5,8-11,14-17,21,23,30-32,35,38,43,52,63,65H,6-7,12-13,18-20,22,24-29,33-34,36-37H2,1-2H3,(H,64,66)(H,68,74)(H,67,73,75)/t38-,43-,52?. The molecule has 434 valence electrons. The van der Waals surface area contributed by atoms with Gasteiger partial charge in [-0.2, -0.15) is 0 Å². The van der Waals surface area contributed by atoms with Crippen molar-refractivity contribution in [1.29, 1.82) is 0 Å². The number of nitrogens with zero attached hydrogens (tertiary/aromatic N) is 5. The lowest BCUT2D eigenvalue weighted by atomic mass is 9.72. The van der Waals surface area contributed by atoms with Crippen LogP contribution in [0.2, 0.25) is 5.02 Å². The molecule has 3 aliphatic heterocycles. The van der Waals surface area contributed by atoms with Crippen LogP contribution in [-0.2, 0) is 26.2 Å². The van der Waals surface area contributed by atoms with Gasteiger partial charge in [0, 0.05) is 104 Å². The highest BCUT2D eigenvalue weighted by atomic mass is 35.5.